The summed E-state index contributed by atoms with van der Waals surface area (Å²) >= 11 is 0. The number of carbonyl (C=O) groups is 1. The molecule has 0 spiro atoms. The number of carbonyl (C=O) groups excluding carboxylic acids is 1. The molecule has 0 saturated carbocycles. The minimum atomic E-state index is 0.144. The van der Waals surface area contributed by atoms with Crippen LogP contribution in [0, 0.1) is 5.92 Å². The number of pyridine rings is 2. The molecule has 172 valence electrons. The van der Waals surface area contributed by atoms with E-state index in [-0.39, 0.29) is 5.91 Å². The molecule has 2 aliphatic heterocycles. The third-order valence-electron chi connectivity index (χ3n) is 7.15. The van der Waals surface area contributed by atoms with Gasteiger partial charge in [0, 0.05) is 62.6 Å². The van der Waals surface area contributed by atoms with Crippen LogP contribution < -0.4 is 4.90 Å². The lowest BCUT2D eigenvalue weighted by molar-refractivity contribution is 0.0760. The molecule has 2 aromatic heterocycles. The lowest BCUT2D eigenvalue weighted by atomic mass is 9.92. The Balaban J connectivity index is 1.21. The summed E-state index contributed by atoms with van der Waals surface area (Å²) in [7, 11) is 2.15. The predicted octanol–water partition coefficient (Wildman–Crippen LogP) is 3.87. The Morgan fingerprint density at radius 2 is 1.82 bits per heavy atom. The van der Waals surface area contributed by atoms with E-state index >= 15 is 0 Å². The molecule has 0 radical (unpaired) electrons. The van der Waals surface area contributed by atoms with Crippen molar-refractivity contribution in [1.82, 2.24) is 19.8 Å². The van der Waals surface area contributed by atoms with Gasteiger partial charge in [0.25, 0.3) is 5.91 Å². The number of nitrogens with zero attached hydrogens (tertiary/aromatic N) is 5. The van der Waals surface area contributed by atoms with Crippen LogP contribution in [0.2, 0.25) is 0 Å². The standard InChI is InChI=1S/C27H33N5O/c1-30-14-16-31(17-15-30)26-20-24(8-11-29-26)27(33)32-12-3-4-21(9-13-32)18-22-6-7-25-23(19-22)5-2-10-28-25/h2,5-8,10-11,19-21H,3-4,9,12-18H2,1H3/t21-/m1/s1. The quantitative estimate of drug-likeness (QED) is 0.613. The number of likely N-dealkylation sites (N-methyl/N-ethyl adjacent to an activating group) is 1. The number of hydrogen-bond acceptors (Lipinski definition) is 5. The number of aromatic nitrogens is 2. The number of amides is 1. The zero-order valence-corrected chi connectivity index (χ0v) is 19.5. The molecule has 0 unspecified atom stereocenters. The molecule has 33 heavy (non-hydrogen) atoms. The van der Waals surface area contributed by atoms with Gasteiger partial charge in [0.05, 0.1) is 5.52 Å². The van der Waals surface area contributed by atoms with Gasteiger partial charge in [0.1, 0.15) is 5.82 Å². The number of hydrogen-bond donors (Lipinski definition) is 0. The van der Waals surface area contributed by atoms with Gasteiger partial charge in [0.15, 0.2) is 0 Å². The SMILES string of the molecule is CN1CCN(c2cc(C(=O)N3CCC[C@@H](Cc4ccc5ncccc5c4)CC3)ccn2)CC1. The molecule has 1 atom stereocenters. The molecule has 1 amide bonds. The molecule has 6 heteroatoms. The number of benzene rings is 1. The van der Waals surface area contributed by atoms with Crippen molar-refractivity contribution in [1.29, 1.82) is 0 Å². The first-order valence-corrected chi connectivity index (χ1v) is 12.2. The van der Waals surface area contributed by atoms with Crippen LogP contribution in [0.15, 0.2) is 54.9 Å². The van der Waals surface area contributed by atoms with Gasteiger partial charge in [-0.3, -0.25) is 9.78 Å². The van der Waals surface area contributed by atoms with Crippen LogP contribution in [0.4, 0.5) is 5.82 Å². The maximum Gasteiger partial charge on any atom is 0.254 e. The van der Waals surface area contributed by atoms with E-state index in [0.29, 0.717) is 5.92 Å². The summed E-state index contributed by atoms with van der Waals surface area (Å²) < 4.78 is 0. The molecule has 3 aromatic rings. The monoisotopic (exact) mass is 443 g/mol. The number of likely N-dealkylation sites (tertiary alicyclic amines) is 1. The Morgan fingerprint density at radius 3 is 2.70 bits per heavy atom. The van der Waals surface area contributed by atoms with Crippen LogP contribution in [0.1, 0.15) is 35.2 Å². The molecule has 2 saturated heterocycles. The fourth-order valence-electron chi connectivity index (χ4n) is 5.10. The van der Waals surface area contributed by atoms with Gasteiger partial charge in [-0.2, -0.15) is 0 Å². The topological polar surface area (TPSA) is 52.6 Å². The van der Waals surface area contributed by atoms with Gasteiger partial charge in [-0.15, -0.1) is 0 Å². The molecule has 5 rings (SSSR count). The minimum absolute atomic E-state index is 0.144. The lowest BCUT2D eigenvalue weighted by Gasteiger charge is -2.33. The Morgan fingerprint density at radius 1 is 0.939 bits per heavy atom. The van der Waals surface area contributed by atoms with E-state index in [0.717, 1.165) is 81.8 Å². The maximum absolute atomic E-state index is 13.3. The molecular formula is C27H33N5O. The third-order valence-corrected chi connectivity index (χ3v) is 7.15. The Kier molecular flexibility index (Phi) is 6.53. The maximum atomic E-state index is 13.3. The highest BCUT2D eigenvalue weighted by molar-refractivity contribution is 5.94. The minimum Gasteiger partial charge on any atom is -0.354 e. The van der Waals surface area contributed by atoms with Crippen LogP contribution in [0.5, 0.6) is 0 Å². The van der Waals surface area contributed by atoms with Gasteiger partial charge < -0.3 is 14.7 Å². The summed E-state index contributed by atoms with van der Waals surface area (Å²) in [6.45, 7) is 5.63. The van der Waals surface area contributed by atoms with E-state index in [4.69, 9.17) is 0 Å². The fourth-order valence-corrected chi connectivity index (χ4v) is 5.10. The molecule has 2 fully saturated rings. The van der Waals surface area contributed by atoms with Crippen molar-refractivity contribution in [3.8, 4) is 0 Å². The summed E-state index contributed by atoms with van der Waals surface area (Å²) in [4.78, 5) is 29.0. The first kappa shape index (κ1) is 21.8. The first-order valence-electron chi connectivity index (χ1n) is 12.2. The van der Waals surface area contributed by atoms with Crippen molar-refractivity contribution < 1.29 is 4.79 Å². The largest absolute Gasteiger partial charge is 0.354 e. The van der Waals surface area contributed by atoms with Crippen molar-refractivity contribution in [2.75, 3.05) is 51.2 Å². The molecule has 0 N–H and O–H groups in total. The average molecular weight is 444 g/mol. The van der Waals surface area contributed by atoms with Crippen molar-refractivity contribution in [2.24, 2.45) is 5.92 Å². The summed E-state index contributed by atoms with van der Waals surface area (Å²) in [5.74, 6) is 1.67. The summed E-state index contributed by atoms with van der Waals surface area (Å²) in [6.07, 6.45) is 7.97. The van der Waals surface area contributed by atoms with E-state index < -0.39 is 0 Å². The van der Waals surface area contributed by atoms with Gasteiger partial charge in [0.2, 0.25) is 0 Å². The van der Waals surface area contributed by atoms with Crippen molar-refractivity contribution >= 4 is 22.6 Å². The van der Waals surface area contributed by atoms with Crippen LogP contribution >= 0.6 is 0 Å². The molecule has 0 aliphatic carbocycles. The van der Waals surface area contributed by atoms with Gasteiger partial charge in [-0.25, -0.2) is 4.98 Å². The predicted molar refractivity (Wildman–Crippen MR) is 133 cm³/mol. The van der Waals surface area contributed by atoms with Crippen LogP contribution in [-0.4, -0.2) is 72.0 Å². The van der Waals surface area contributed by atoms with Gasteiger partial charge in [-0.05, 0) is 74.5 Å². The number of piperazine rings is 1. The number of rotatable bonds is 4. The van der Waals surface area contributed by atoms with E-state index in [1.54, 1.807) is 6.20 Å². The molecule has 2 aliphatic rings. The smallest absolute Gasteiger partial charge is 0.254 e. The number of anilines is 1. The Labute approximate surface area is 196 Å². The molecule has 6 nitrogen and oxygen atoms in total. The molecule has 4 heterocycles. The highest BCUT2D eigenvalue weighted by Crippen LogP contribution is 2.25. The highest BCUT2D eigenvalue weighted by atomic mass is 16.2. The van der Waals surface area contributed by atoms with Crippen molar-refractivity contribution in [3.05, 3.63) is 66.0 Å². The molecular weight excluding hydrogens is 410 g/mol. The van der Waals surface area contributed by atoms with Crippen LogP contribution in [-0.2, 0) is 6.42 Å². The van der Waals surface area contributed by atoms with Crippen LogP contribution in [0.25, 0.3) is 10.9 Å². The van der Waals surface area contributed by atoms with E-state index in [1.807, 2.05) is 29.3 Å². The van der Waals surface area contributed by atoms with E-state index in [9.17, 15) is 4.79 Å². The zero-order valence-electron chi connectivity index (χ0n) is 19.5. The molecule has 0 bridgehead atoms. The van der Waals surface area contributed by atoms with Gasteiger partial charge in [-0.1, -0.05) is 12.1 Å². The number of fused-ring (bicyclic) bond motifs is 1. The normalized spacial score (nSPS) is 20.1. The second-order valence-corrected chi connectivity index (χ2v) is 9.52. The fraction of sp³-hybridized carbons (Fsp3) is 0.444. The van der Waals surface area contributed by atoms with Crippen molar-refractivity contribution in [3.63, 3.8) is 0 Å². The second kappa shape index (κ2) is 9.87. The Bertz CT molecular complexity index is 1110. The first-order chi connectivity index (χ1) is 16.2. The third kappa shape index (κ3) is 5.17. The summed E-state index contributed by atoms with van der Waals surface area (Å²) in [5.41, 5.74) is 3.18. The summed E-state index contributed by atoms with van der Waals surface area (Å²) in [5, 5.41) is 1.20. The lowest BCUT2D eigenvalue weighted by Crippen LogP contribution is -2.44. The summed E-state index contributed by atoms with van der Waals surface area (Å²) in [6, 6.07) is 14.6. The van der Waals surface area contributed by atoms with Crippen LogP contribution in [0.3, 0.4) is 0 Å². The van der Waals surface area contributed by atoms with Crippen molar-refractivity contribution in [2.45, 2.75) is 25.7 Å². The Hall–Kier alpha value is -2.99. The zero-order chi connectivity index (χ0) is 22.6. The van der Waals surface area contributed by atoms with E-state index in [1.165, 1.54) is 10.9 Å². The van der Waals surface area contributed by atoms with E-state index in [2.05, 4.69) is 51.1 Å². The average Bonchev–Trinajstić information content (AvgIpc) is 3.09. The second-order valence-electron chi connectivity index (χ2n) is 9.52. The van der Waals surface area contributed by atoms with Gasteiger partial charge >= 0.3 is 0 Å². The molecule has 1 aromatic carbocycles. The highest BCUT2D eigenvalue weighted by Gasteiger charge is 2.23.